The minimum atomic E-state index is 0.115. The molecule has 158 valence electrons. The molecule has 2 heterocycles. The molecule has 5 nitrogen and oxygen atoms in total. The monoisotopic (exact) mass is 397 g/mol. The topological polar surface area (TPSA) is 43.9 Å². The molecular formula is C24H35N3O2. The summed E-state index contributed by atoms with van der Waals surface area (Å²) in [4.78, 5) is 32.3. The molecule has 0 aromatic heterocycles. The summed E-state index contributed by atoms with van der Waals surface area (Å²) in [5.41, 5.74) is 1.24. The number of piperazine rings is 1. The Balaban J connectivity index is 1.23. The third kappa shape index (κ3) is 4.76. The molecule has 0 radical (unpaired) electrons. The Hall–Kier alpha value is -2.04. The number of para-hydroxylation sites is 1. The van der Waals surface area contributed by atoms with Gasteiger partial charge in [-0.05, 0) is 56.6 Å². The SMILES string of the molecule is CC1CCN(C(=O)C2CCC(C(=O)N3CCN(c4ccccc4)CC3)CC2)CC1. The lowest BCUT2D eigenvalue weighted by Crippen LogP contribution is -2.51. The molecule has 0 atom stereocenters. The molecule has 2 amide bonds. The molecule has 0 spiro atoms. The van der Waals surface area contributed by atoms with E-state index in [1.807, 2.05) is 6.07 Å². The molecule has 2 saturated heterocycles. The maximum atomic E-state index is 13.0. The van der Waals surface area contributed by atoms with E-state index in [0.717, 1.165) is 83.7 Å². The quantitative estimate of drug-likeness (QED) is 0.785. The second kappa shape index (κ2) is 9.19. The number of hydrogen-bond acceptors (Lipinski definition) is 3. The Kier molecular flexibility index (Phi) is 6.41. The Bertz CT molecular complexity index is 683. The standard InChI is InChI=1S/C24H35N3O2/c1-19-11-13-26(14-12-19)23(28)20-7-9-21(10-8-20)24(29)27-17-15-25(16-18-27)22-5-3-2-4-6-22/h2-6,19-21H,7-18H2,1H3. The lowest BCUT2D eigenvalue weighted by molar-refractivity contribution is -0.142. The number of benzene rings is 1. The molecule has 1 aromatic carbocycles. The van der Waals surface area contributed by atoms with Crippen molar-refractivity contribution in [1.82, 2.24) is 9.80 Å². The number of hydrogen-bond donors (Lipinski definition) is 0. The highest BCUT2D eigenvalue weighted by atomic mass is 16.2. The second-order valence-electron chi connectivity index (χ2n) is 9.20. The maximum absolute atomic E-state index is 13.0. The van der Waals surface area contributed by atoms with Crippen LogP contribution < -0.4 is 4.90 Å². The van der Waals surface area contributed by atoms with Crippen molar-refractivity contribution in [2.75, 3.05) is 44.2 Å². The van der Waals surface area contributed by atoms with Gasteiger partial charge in [0, 0.05) is 56.8 Å². The van der Waals surface area contributed by atoms with Gasteiger partial charge in [-0.2, -0.15) is 0 Å². The van der Waals surface area contributed by atoms with Crippen LogP contribution in [0.1, 0.15) is 45.4 Å². The van der Waals surface area contributed by atoms with Gasteiger partial charge in [0.2, 0.25) is 11.8 Å². The Labute approximate surface area is 175 Å². The van der Waals surface area contributed by atoms with Crippen LogP contribution in [0.3, 0.4) is 0 Å². The minimum Gasteiger partial charge on any atom is -0.368 e. The summed E-state index contributed by atoms with van der Waals surface area (Å²) in [5, 5.41) is 0. The van der Waals surface area contributed by atoms with E-state index < -0.39 is 0 Å². The molecule has 3 fully saturated rings. The summed E-state index contributed by atoms with van der Waals surface area (Å²) in [5.74, 6) is 1.66. The van der Waals surface area contributed by atoms with Crippen LogP contribution in [0.2, 0.25) is 0 Å². The van der Waals surface area contributed by atoms with E-state index in [0.29, 0.717) is 11.8 Å². The number of piperidine rings is 1. The molecule has 1 aliphatic carbocycles. The average Bonchev–Trinajstić information content (AvgIpc) is 2.79. The maximum Gasteiger partial charge on any atom is 0.225 e. The summed E-state index contributed by atoms with van der Waals surface area (Å²) in [6.07, 6.45) is 5.77. The summed E-state index contributed by atoms with van der Waals surface area (Å²) in [6.45, 7) is 7.53. The average molecular weight is 398 g/mol. The van der Waals surface area contributed by atoms with Gasteiger partial charge in [0.05, 0.1) is 0 Å². The van der Waals surface area contributed by atoms with Crippen LogP contribution >= 0.6 is 0 Å². The number of amides is 2. The number of anilines is 1. The molecule has 3 aliphatic rings. The fraction of sp³-hybridized carbons (Fsp3) is 0.667. The first-order valence-electron chi connectivity index (χ1n) is 11.5. The second-order valence-corrected chi connectivity index (χ2v) is 9.20. The van der Waals surface area contributed by atoms with Gasteiger partial charge in [-0.25, -0.2) is 0 Å². The fourth-order valence-corrected chi connectivity index (χ4v) is 5.16. The molecular weight excluding hydrogens is 362 g/mol. The van der Waals surface area contributed by atoms with Crippen molar-refractivity contribution < 1.29 is 9.59 Å². The van der Waals surface area contributed by atoms with Gasteiger partial charge in [-0.3, -0.25) is 9.59 Å². The lowest BCUT2D eigenvalue weighted by atomic mass is 9.80. The van der Waals surface area contributed by atoms with Crippen molar-refractivity contribution in [3.8, 4) is 0 Å². The number of carbonyl (C=O) groups excluding carboxylic acids is 2. The fourth-order valence-electron chi connectivity index (χ4n) is 5.16. The van der Waals surface area contributed by atoms with Crippen LogP contribution in [-0.2, 0) is 9.59 Å². The minimum absolute atomic E-state index is 0.115. The first-order valence-corrected chi connectivity index (χ1v) is 11.5. The van der Waals surface area contributed by atoms with Crippen molar-refractivity contribution in [2.45, 2.75) is 45.4 Å². The summed E-state index contributed by atoms with van der Waals surface area (Å²) in [7, 11) is 0. The van der Waals surface area contributed by atoms with Crippen LogP contribution in [0.25, 0.3) is 0 Å². The molecule has 29 heavy (non-hydrogen) atoms. The van der Waals surface area contributed by atoms with Crippen LogP contribution in [-0.4, -0.2) is 60.9 Å². The number of rotatable bonds is 3. The third-order valence-corrected chi connectivity index (χ3v) is 7.23. The van der Waals surface area contributed by atoms with Crippen molar-refractivity contribution in [3.63, 3.8) is 0 Å². The van der Waals surface area contributed by atoms with Gasteiger partial charge in [-0.15, -0.1) is 0 Å². The molecule has 0 unspecified atom stereocenters. The van der Waals surface area contributed by atoms with Gasteiger partial charge in [0.1, 0.15) is 0 Å². The zero-order chi connectivity index (χ0) is 20.2. The van der Waals surface area contributed by atoms with Crippen molar-refractivity contribution in [1.29, 1.82) is 0 Å². The van der Waals surface area contributed by atoms with Crippen LogP contribution in [0, 0.1) is 17.8 Å². The van der Waals surface area contributed by atoms with E-state index in [9.17, 15) is 9.59 Å². The lowest BCUT2D eigenvalue weighted by Gasteiger charge is -2.39. The summed E-state index contributed by atoms with van der Waals surface area (Å²) >= 11 is 0. The zero-order valence-electron chi connectivity index (χ0n) is 17.8. The van der Waals surface area contributed by atoms with Crippen LogP contribution in [0.4, 0.5) is 5.69 Å². The predicted octanol–water partition coefficient (Wildman–Crippen LogP) is 3.40. The van der Waals surface area contributed by atoms with Crippen molar-refractivity contribution in [2.24, 2.45) is 17.8 Å². The van der Waals surface area contributed by atoms with Crippen molar-refractivity contribution in [3.05, 3.63) is 30.3 Å². The largest absolute Gasteiger partial charge is 0.368 e. The first-order chi connectivity index (χ1) is 14.1. The molecule has 1 saturated carbocycles. The Morgan fingerprint density at radius 1 is 0.690 bits per heavy atom. The van der Waals surface area contributed by atoms with E-state index in [1.54, 1.807) is 0 Å². The Morgan fingerprint density at radius 2 is 1.17 bits per heavy atom. The van der Waals surface area contributed by atoms with E-state index in [-0.39, 0.29) is 11.8 Å². The van der Waals surface area contributed by atoms with E-state index >= 15 is 0 Å². The van der Waals surface area contributed by atoms with E-state index in [2.05, 4.69) is 45.9 Å². The highest BCUT2D eigenvalue weighted by Gasteiger charge is 2.35. The first kappa shape index (κ1) is 20.2. The van der Waals surface area contributed by atoms with Crippen LogP contribution in [0.15, 0.2) is 30.3 Å². The normalized spacial score (nSPS) is 26.4. The molecule has 1 aromatic rings. The molecule has 0 N–H and O–H groups in total. The van der Waals surface area contributed by atoms with Crippen molar-refractivity contribution >= 4 is 17.5 Å². The highest BCUT2D eigenvalue weighted by Crippen LogP contribution is 2.32. The number of carbonyl (C=O) groups is 2. The van der Waals surface area contributed by atoms with Gasteiger partial charge in [0.15, 0.2) is 0 Å². The Morgan fingerprint density at radius 3 is 1.69 bits per heavy atom. The van der Waals surface area contributed by atoms with Gasteiger partial charge in [0.25, 0.3) is 0 Å². The zero-order valence-corrected chi connectivity index (χ0v) is 17.8. The van der Waals surface area contributed by atoms with Crippen LogP contribution in [0.5, 0.6) is 0 Å². The smallest absolute Gasteiger partial charge is 0.225 e. The number of nitrogens with zero attached hydrogens (tertiary/aromatic N) is 3. The molecule has 0 bridgehead atoms. The predicted molar refractivity (Wildman–Crippen MR) is 116 cm³/mol. The van der Waals surface area contributed by atoms with E-state index in [4.69, 9.17) is 0 Å². The molecule has 2 aliphatic heterocycles. The third-order valence-electron chi connectivity index (χ3n) is 7.23. The highest BCUT2D eigenvalue weighted by molar-refractivity contribution is 5.81. The van der Waals surface area contributed by atoms with Gasteiger partial charge >= 0.3 is 0 Å². The summed E-state index contributed by atoms with van der Waals surface area (Å²) < 4.78 is 0. The van der Waals surface area contributed by atoms with E-state index in [1.165, 1.54) is 5.69 Å². The number of likely N-dealkylation sites (tertiary alicyclic amines) is 1. The van der Waals surface area contributed by atoms with Gasteiger partial charge < -0.3 is 14.7 Å². The summed E-state index contributed by atoms with van der Waals surface area (Å²) in [6, 6.07) is 10.4. The molecule has 4 rings (SSSR count). The van der Waals surface area contributed by atoms with Gasteiger partial charge in [-0.1, -0.05) is 25.1 Å². The molecule has 5 heteroatoms.